The van der Waals surface area contributed by atoms with Gasteiger partial charge in [0, 0.05) is 15.7 Å². The number of nitrogens with zero attached hydrogens (tertiary/aromatic N) is 2. The first-order valence-electron chi connectivity index (χ1n) is 8.53. The fourth-order valence-electron chi connectivity index (χ4n) is 2.74. The number of ether oxygens (including phenoxy) is 1. The molecule has 158 valence electrons. The number of fused-ring (bicyclic) bond motifs is 1. The number of para-hydroxylation sites is 2. The lowest BCUT2D eigenvalue weighted by Gasteiger charge is -2.15. The minimum atomic E-state index is -4.77. The van der Waals surface area contributed by atoms with Crippen molar-refractivity contribution in [2.24, 2.45) is 0 Å². The van der Waals surface area contributed by atoms with Crippen molar-refractivity contribution in [3.63, 3.8) is 0 Å². The van der Waals surface area contributed by atoms with Crippen LogP contribution in [0.5, 0.6) is 0 Å². The maximum absolute atomic E-state index is 13.3. The lowest BCUT2D eigenvalue weighted by atomic mass is 10.3. The second kappa shape index (κ2) is 8.53. The molecular formula is C19H14Cl2F3N3O3. The minimum absolute atomic E-state index is 0.0845. The molecule has 30 heavy (non-hydrogen) atoms. The van der Waals surface area contributed by atoms with E-state index in [4.69, 9.17) is 27.9 Å². The first-order chi connectivity index (χ1) is 14.0. The van der Waals surface area contributed by atoms with Crippen molar-refractivity contribution >= 4 is 51.8 Å². The summed E-state index contributed by atoms with van der Waals surface area (Å²) in [7, 11) is 0. The van der Waals surface area contributed by atoms with Crippen LogP contribution in [-0.4, -0.2) is 27.5 Å². The third-order valence-corrected chi connectivity index (χ3v) is 4.44. The first kappa shape index (κ1) is 21.9. The maximum atomic E-state index is 13.3. The highest BCUT2D eigenvalue weighted by molar-refractivity contribution is 6.35. The van der Waals surface area contributed by atoms with Crippen LogP contribution in [0.25, 0.3) is 11.0 Å². The SMILES string of the molecule is C[C@H](OC(=O)Cn1c(C(F)(F)F)nc2ccccc21)C(=O)Nc1cc(Cl)cc(Cl)c1. The molecule has 0 saturated carbocycles. The number of carbonyl (C=O) groups excluding carboxylic acids is 2. The van der Waals surface area contributed by atoms with Gasteiger partial charge in [-0.15, -0.1) is 0 Å². The Morgan fingerprint density at radius 2 is 1.80 bits per heavy atom. The average molecular weight is 460 g/mol. The van der Waals surface area contributed by atoms with Crippen LogP contribution in [0.1, 0.15) is 12.7 Å². The third-order valence-electron chi connectivity index (χ3n) is 4.00. The monoisotopic (exact) mass is 459 g/mol. The quantitative estimate of drug-likeness (QED) is 0.548. The van der Waals surface area contributed by atoms with Gasteiger partial charge >= 0.3 is 12.1 Å². The normalized spacial score (nSPS) is 12.6. The third kappa shape index (κ3) is 5.03. The van der Waals surface area contributed by atoms with Crippen LogP contribution < -0.4 is 5.32 Å². The maximum Gasteiger partial charge on any atom is 0.449 e. The Balaban J connectivity index is 1.73. The zero-order valence-corrected chi connectivity index (χ0v) is 16.8. The van der Waals surface area contributed by atoms with Crippen LogP contribution in [0.2, 0.25) is 10.0 Å². The number of halogens is 5. The molecule has 1 N–H and O–H groups in total. The highest BCUT2D eigenvalue weighted by Crippen LogP contribution is 2.31. The van der Waals surface area contributed by atoms with E-state index in [1.54, 1.807) is 0 Å². The fraction of sp³-hybridized carbons (Fsp3) is 0.211. The van der Waals surface area contributed by atoms with Gasteiger partial charge in [0.05, 0.1) is 11.0 Å². The van der Waals surface area contributed by atoms with Crippen molar-refractivity contribution in [3.05, 3.63) is 58.3 Å². The largest absolute Gasteiger partial charge is 0.451 e. The van der Waals surface area contributed by atoms with Gasteiger partial charge in [0.25, 0.3) is 5.91 Å². The van der Waals surface area contributed by atoms with Gasteiger partial charge in [0.1, 0.15) is 6.54 Å². The molecule has 3 aromatic rings. The van der Waals surface area contributed by atoms with Gasteiger partial charge in [-0.25, -0.2) is 4.98 Å². The molecule has 0 spiro atoms. The molecule has 2 aromatic carbocycles. The zero-order chi connectivity index (χ0) is 22.1. The molecule has 0 bridgehead atoms. The molecule has 1 amide bonds. The predicted octanol–water partition coefficient (Wildman–Crippen LogP) is 4.93. The van der Waals surface area contributed by atoms with Gasteiger partial charge in [-0.2, -0.15) is 13.2 Å². The zero-order valence-electron chi connectivity index (χ0n) is 15.3. The van der Waals surface area contributed by atoms with Crippen molar-refractivity contribution in [3.8, 4) is 0 Å². The molecule has 0 unspecified atom stereocenters. The van der Waals surface area contributed by atoms with Crippen molar-refractivity contribution in [2.45, 2.75) is 25.7 Å². The van der Waals surface area contributed by atoms with Gasteiger partial charge in [-0.05, 0) is 37.3 Å². The molecule has 0 fully saturated rings. The number of nitrogens with one attached hydrogen (secondary N) is 1. The molecule has 0 aliphatic heterocycles. The summed E-state index contributed by atoms with van der Waals surface area (Å²) in [4.78, 5) is 28.0. The molecule has 0 saturated heterocycles. The Morgan fingerprint density at radius 1 is 1.17 bits per heavy atom. The first-order valence-corrected chi connectivity index (χ1v) is 9.29. The highest BCUT2D eigenvalue weighted by Gasteiger charge is 2.38. The molecule has 1 heterocycles. The van der Waals surface area contributed by atoms with Crippen LogP contribution in [0.4, 0.5) is 18.9 Å². The summed E-state index contributed by atoms with van der Waals surface area (Å²) in [6, 6.07) is 10.2. The summed E-state index contributed by atoms with van der Waals surface area (Å²) in [5.74, 6) is -2.96. The summed E-state index contributed by atoms with van der Waals surface area (Å²) in [5, 5.41) is 3.04. The number of imidazole rings is 1. The Kier molecular flexibility index (Phi) is 6.23. The van der Waals surface area contributed by atoms with E-state index in [0.717, 1.165) is 0 Å². The Bertz CT molecular complexity index is 1100. The number of aromatic nitrogens is 2. The Labute approximate surface area is 178 Å². The van der Waals surface area contributed by atoms with E-state index >= 15 is 0 Å². The number of carbonyl (C=O) groups is 2. The number of esters is 1. The number of anilines is 1. The second-order valence-electron chi connectivity index (χ2n) is 6.29. The Morgan fingerprint density at radius 3 is 2.43 bits per heavy atom. The number of hydrogen-bond acceptors (Lipinski definition) is 4. The van der Waals surface area contributed by atoms with E-state index in [0.29, 0.717) is 4.57 Å². The number of alkyl halides is 3. The number of rotatable bonds is 5. The van der Waals surface area contributed by atoms with Crippen molar-refractivity contribution in [2.75, 3.05) is 5.32 Å². The van der Waals surface area contributed by atoms with E-state index in [2.05, 4.69) is 10.3 Å². The smallest absolute Gasteiger partial charge is 0.449 e. The molecule has 1 atom stereocenters. The molecule has 1 aromatic heterocycles. The molecule has 6 nitrogen and oxygen atoms in total. The van der Waals surface area contributed by atoms with Crippen LogP contribution in [0.15, 0.2) is 42.5 Å². The standard InChI is InChI=1S/C19H14Cl2F3N3O3/c1-10(17(29)25-13-7-11(20)6-12(21)8-13)30-16(28)9-27-15-5-3-2-4-14(15)26-18(27)19(22,23)24/h2-8,10H,9H2,1H3,(H,25,29)/t10-/m0/s1. The van der Waals surface area contributed by atoms with Crippen LogP contribution >= 0.6 is 23.2 Å². The molecule has 0 aliphatic carbocycles. The lowest BCUT2D eigenvalue weighted by Crippen LogP contribution is -2.31. The van der Waals surface area contributed by atoms with Gasteiger partial charge in [0.2, 0.25) is 5.82 Å². The summed E-state index contributed by atoms with van der Waals surface area (Å²) in [6.45, 7) is 0.520. The van der Waals surface area contributed by atoms with Crippen LogP contribution in [-0.2, 0) is 27.0 Å². The lowest BCUT2D eigenvalue weighted by molar-refractivity contribution is -0.156. The van der Waals surface area contributed by atoms with Crippen LogP contribution in [0.3, 0.4) is 0 Å². The van der Waals surface area contributed by atoms with E-state index in [-0.39, 0.29) is 26.8 Å². The summed E-state index contributed by atoms with van der Waals surface area (Å²) in [5.41, 5.74) is 0.481. The van der Waals surface area contributed by atoms with E-state index in [1.165, 1.54) is 49.4 Å². The molecule has 0 radical (unpaired) electrons. The molecule has 0 aliphatic rings. The number of amides is 1. The summed E-state index contributed by atoms with van der Waals surface area (Å²) < 4.78 is 45.7. The van der Waals surface area contributed by atoms with Gasteiger partial charge in [-0.1, -0.05) is 35.3 Å². The second-order valence-corrected chi connectivity index (χ2v) is 7.16. The van der Waals surface area contributed by atoms with Gasteiger partial charge < -0.3 is 14.6 Å². The van der Waals surface area contributed by atoms with E-state index in [9.17, 15) is 22.8 Å². The number of benzene rings is 2. The molecule has 11 heteroatoms. The predicted molar refractivity (Wildman–Crippen MR) is 105 cm³/mol. The highest BCUT2D eigenvalue weighted by atomic mass is 35.5. The van der Waals surface area contributed by atoms with E-state index < -0.39 is 36.5 Å². The van der Waals surface area contributed by atoms with E-state index in [1.807, 2.05) is 0 Å². The summed E-state index contributed by atoms with van der Waals surface area (Å²) >= 11 is 11.7. The Hall–Kier alpha value is -2.78. The topological polar surface area (TPSA) is 73.2 Å². The van der Waals surface area contributed by atoms with Gasteiger partial charge in [-0.3, -0.25) is 9.59 Å². The summed E-state index contributed by atoms with van der Waals surface area (Å²) in [6.07, 6.45) is -6.05. The fourth-order valence-corrected chi connectivity index (χ4v) is 3.26. The number of hydrogen-bond donors (Lipinski definition) is 1. The molecule has 3 rings (SSSR count). The van der Waals surface area contributed by atoms with Crippen LogP contribution in [0, 0.1) is 0 Å². The van der Waals surface area contributed by atoms with Crippen molar-refractivity contribution in [1.82, 2.24) is 9.55 Å². The van der Waals surface area contributed by atoms with Gasteiger partial charge in [0.15, 0.2) is 6.10 Å². The van der Waals surface area contributed by atoms with Crippen molar-refractivity contribution < 1.29 is 27.5 Å². The molecular weight excluding hydrogens is 446 g/mol. The minimum Gasteiger partial charge on any atom is -0.451 e. The average Bonchev–Trinajstić information content (AvgIpc) is 2.99. The van der Waals surface area contributed by atoms with Crippen molar-refractivity contribution in [1.29, 1.82) is 0 Å².